The van der Waals surface area contributed by atoms with Crippen molar-refractivity contribution in [1.82, 2.24) is 0 Å². The number of aryl methyl sites for hydroxylation is 2. The van der Waals surface area contributed by atoms with Crippen LogP contribution in [-0.2, 0) is 0 Å². The maximum Gasteiger partial charge on any atom is 0.194 e. The van der Waals surface area contributed by atoms with Crippen molar-refractivity contribution in [2.75, 3.05) is 0 Å². The molecule has 3 heteroatoms. The lowest BCUT2D eigenvalue weighted by Gasteiger charge is -2.08. The number of ketones is 1. The SMILES string of the molecule is Cc1cccc(C(C#N)C(=O)c2sccc2C)c1. The molecule has 1 heterocycles. The first kappa shape index (κ1) is 12.5. The zero-order valence-electron chi connectivity index (χ0n) is 10.3. The predicted molar refractivity (Wildman–Crippen MR) is 72.9 cm³/mol. The molecule has 1 unspecified atom stereocenters. The van der Waals surface area contributed by atoms with Gasteiger partial charge < -0.3 is 0 Å². The van der Waals surface area contributed by atoms with Gasteiger partial charge in [0.1, 0.15) is 5.92 Å². The number of carbonyl (C=O) groups excluding carboxylic acids is 1. The van der Waals surface area contributed by atoms with E-state index in [-0.39, 0.29) is 5.78 Å². The molecule has 2 aromatic rings. The van der Waals surface area contributed by atoms with Crippen LogP contribution in [0.15, 0.2) is 35.7 Å². The Kier molecular flexibility index (Phi) is 3.59. The molecule has 0 amide bonds. The fourth-order valence-electron chi connectivity index (χ4n) is 1.89. The van der Waals surface area contributed by atoms with Gasteiger partial charge in [0.05, 0.1) is 10.9 Å². The molecule has 0 saturated heterocycles. The highest BCUT2D eigenvalue weighted by molar-refractivity contribution is 7.12. The van der Waals surface area contributed by atoms with E-state index in [0.29, 0.717) is 4.88 Å². The minimum Gasteiger partial charge on any atom is -0.291 e. The van der Waals surface area contributed by atoms with Crippen LogP contribution in [0.4, 0.5) is 0 Å². The Hall–Kier alpha value is -1.92. The second-order valence-corrected chi connectivity index (χ2v) is 5.19. The van der Waals surface area contributed by atoms with E-state index in [0.717, 1.165) is 16.7 Å². The molecule has 1 aromatic carbocycles. The lowest BCUT2D eigenvalue weighted by atomic mass is 9.93. The summed E-state index contributed by atoms with van der Waals surface area (Å²) in [6, 6.07) is 11.6. The number of carbonyl (C=O) groups is 1. The molecule has 2 nitrogen and oxygen atoms in total. The normalized spacial score (nSPS) is 11.8. The topological polar surface area (TPSA) is 40.9 Å². The first-order valence-corrected chi connectivity index (χ1v) is 6.56. The predicted octanol–water partition coefficient (Wildman–Crippen LogP) is 3.86. The number of Topliss-reactive ketones (excluding diaryl/α,β-unsaturated/α-hetero) is 1. The fourth-order valence-corrected chi connectivity index (χ4v) is 2.79. The summed E-state index contributed by atoms with van der Waals surface area (Å²) in [7, 11) is 0. The summed E-state index contributed by atoms with van der Waals surface area (Å²) in [5.41, 5.74) is 2.77. The van der Waals surface area contributed by atoms with Crippen LogP contribution >= 0.6 is 11.3 Å². The number of rotatable bonds is 3. The summed E-state index contributed by atoms with van der Waals surface area (Å²) in [6.07, 6.45) is 0. The van der Waals surface area contributed by atoms with Crippen molar-refractivity contribution in [2.45, 2.75) is 19.8 Å². The molecule has 0 aliphatic carbocycles. The minimum absolute atomic E-state index is 0.101. The monoisotopic (exact) mass is 255 g/mol. The van der Waals surface area contributed by atoms with Crippen molar-refractivity contribution in [3.8, 4) is 6.07 Å². The number of hydrogen-bond donors (Lipinski definition) is 0. The van der Waals surface area contributed by atoms with Crippen molar-refractivity contribution in [2.24, 2.45) is 0 Å². The summed E-state index contributed by atoms with van der Waals surface area (Å²) in [6.45, 7) is 3.85. The average Bonchev–Trinajstić information content (AvgIpc) is 2.76. The van der Waals surface area contributed by atoms with Gasteiger partial charge in [-0.15, -0.1) is 11.3 Å². The zero-order chi connectivity index (χ0) is 13.1. The highest BCUT2D eigenvalue weighted by Crippen LogP contribution is 2.26. The van der Waals surface area contributed by atoms with Crippen LogP contribution in [0.5, 0.6) is 0 Å². The number of nitrogens with zero attached hydrogens (tertiary/aromatic N) is 1. The largest absolute Gasteiger partial charge is 0.291 e. The maximum absolute atomic E-state index is 12.4. The van der Waals surface area contributed by atoms with Gasteiger partial charge in [-0.25, -0.2) is 0 Å². The first-order chi connectivity index (χ1) is 8.63. The third-order valence-corrected chi connectivity index (χ3v) is 3.88. The first-order valence-electron chi connectivity index (χ1n) is 5.68. The van der Waals surface area contributed by atoms with Gasteiger partial charge in [0.2, 0.25) is 0 Å². The van der Waals surface area contributed by atoms with Crippen molar-refractivity contribution < 1.29 is 4.79 Å². The third-order valence-electron chi connectivity index (χ3n) is 2.85. The quantitative estimate of drug-likeness (QED) is 0.781. The molecule has 0 bridgehead atoms. The molecule has 2 rings (SSSR count). The standard InChI is InChI=1S/C15H13NOS/c1-10-4-3-5-12(8-10)13(9-16)14(17)15-11(2)6-7-18-15/h3-8,13H,1-2H3. The van der Waals surface area contributed by atoms with E-state index in [2.05, 4.69) is 6.07 Å². The van der Waals surface area contributed by atoms with Crippen LogP contribution in [0.2, 0.25) is 0 Å². The van der Waals surface area contributed by atoms with Crippen LogP contribution in [0.25, 0.3) is 0 Å². The van der Waals surface area contributed by atoms with Crippen molar-refractivity contribution >= 4 is 17.1 Å². The molecule has 0 radical (unpaired) electrons. The average molecular weight is 255 g/mol. The Bertz CT molecular complexity index is 621. The number of nitriles is 1. The van der Waals surface area contributed by atoms with Gasteiger partial charge in [-0.05, 0) is 36.4 Å². The second-order valence-electron chi connectivity index (χ2n) is 4.27. The fraction of sp³-hybridized carbons (Fsp3) is 0.200. The van der Waals surface area contributed by atoms with Crippen molar-refractivity contribution in [3.05, 3.63) is 57.3 Å². The van der Waals surface area contributed by atoms with E-state index < -0.39 is 5.92 Å². The molecule has 0 aliphatic rings. The van der Waals surface area contributed by atoms with Crippen LogP contribution < -0.4 is 0 Å². The van der Waals surface area contributed by atoms with E-state index in [9.17, 15) is 10.1 Å². The van der Waals surface area contributed by atoms with Crippen molar-refractivity contribution in [1.29, 1.82) is 5.26 Å². The smallest absolute Gasteiger partial charge is 0.194 e. The Morgan fingerprint density at radius 3 is 2.67 bits per heavy atom. The summed E-state index contributed by atoms with van der Waals surface area (Å²) < 4.78 is 0. The van der Waals surface area contributed by atoms with Gasteiger partial charge in [0.15, 0.2) is 5.78 Å². The van der Waals surface area contributed by atoms with Gasteiger partial charge in [0, 0.05) is 0 Å². The second kappa shape index (κ2) is 5.16. The van der Waals surface area contributed by atoms with Gasteiger partial charge in [-0.3, -0.25) is 4.79 Å². The van der Waals surface area contributed by atoms with E-state index in [1.54, 1.807) is 0 Å². The third kappa shape index (κ3) is 2.34. The van der Waals surface area contributed by atoms with Gasteiger partial charge >= 0.3 is 0 Å². The highest BCUT2D eigenvalue weighted by Gasteiger charge is 2.23. The number of hydrogen-bond acceptors (Lipinski definition) is 3. The molecule has 18 heavy (non-hydrogen) atoms. The summed E-state index contributed by atoms with van der Waals surface area (Å²) >= 11 is 1.40. The van der Waals surface area contributed by atoms with Crippen LogP contribution in [0, 0.1) is 25.2 Å². The van der Waals surface area contributed by atoms with Gasteiger partial charge in [-0.1, -0.05) is 29.8 Å². The molecule has 0 N–H and O–H groups in total. The molecular formula is C15H13NOS. The molecule has 1 aromatic heterocycles. The lowest BCUT2D eigenvalue weighted by Crippen LogP contribution is -2.11. The van der Waals surface area contributed by atoms with E-state index in [4.69, 9.17) is 0 Å². The highest BCUT2D eigenvalue weighted by atomic mass is 32.1. The summed E-state index contributed by atoms with van der Waals surface area (Å²) in [4.78, 5) is 13.0. The van der Waals surface area contributed by atoms with Crippen LogP contribution in [0.3, 0.4) is 0 Å². The maximum atomic E-state index is 12.4. The molecule has 0 saturated carbocycles. The molecule has 0 aliphatic heterocycles. The molecule has 90 valence electrons. The number of benzene rings is 1. The van der Waals surface area contributed by atoms with Crippen LogP contribution in [-0.4, -0.2) is 5.78 Å². The Morgan fingerprint density at radius 2 is 2.11 bits per heavy atom. The molecule has 0 fully saturated rings. The zero-order valence-corrected chi connectivity index (χ0v) is 11.1. The Morgan fingerprint density at radius 1 is 1.33 bits per heavy atom. The summed E-state index contributed by atoms with van der Waals surface area (Å²) in [5.74, 6) is -0.808. The lowest BCUT2D eigenvalue weighted by molar-refractivity contribution is 0.0982. The van der Waals surface area contributed by atoms with E-state index in [1.807, 2.05) is 49.6 Å². The van der Waals surface area contributed by atoms with Crippen molar-refractivity contribution in [3.63, 3.8) is 0 Å². The Balaban J connectivity index is 2.39. The molecule has 0 spiro atoms. The molecular weight excluding hydrogens is 242 g/mol. The van der Waals surface area contributed by atoms with Gasteiger partial charge in [0.25, 0.3) is 0 Å². The molecule has 1 atom stereocenters. The van der Waals surface area contributed by atoms with Crippen LogP contribution in [0.1, 0.15) is 32.3 Å². The van der Waals surface area contributed by atoms with E-state index >= 15 is 0 Å². The van der Waals surface area contributed by atoms with Gasteiger partial charge in [-0.2, -0.15) is 5.26 Å². The number of thiophene rings is 1. The van der Waals surface area contributed by atoms with E-state index in [1.165, 1.54) is 11.3 Å². The minimum atomic E-state index is -0.706. The Labute approximate surface area is 111 Å². The summed E-state index contributed by atoms with van der Waals surface area (Å²) in [5, 5.41) is 11.1.